The summed E-state index contributed by atoms with van der Waals surface area (Å²) in [6.07, 6.45) is 7.76. The Balaban J connectivity index is 3.02. The van der Waals surface area contributed by atoms with Crippen LogP contribution in [0.25, 0.3) is 5.57 Å². The van der Waals surface area contributed by atoms with Crippen LogP contribution < -0.4 is 0 Å². The molecule has 0 radical (unpaired) electrons. The van der Waals surface area contributed by atoms with Gasteiger partial charge in [-0.3, -0.25) is 5.10 Å². The van der Waals surface area contributed by atoms with E-state index in [1.54, 1.807) is 6.08 Å². The maximum Gasteiger partial charge on any atom is 0.0923 e. The number of nitrogens with zero attached hydrogens (tertiary/aromatic N) is 1. The lowest BCUT2D eigenvalue weighted by molar-refractivity contribution is 0.810. The number of aromatic nitrogens is 2. The Morgan fingerprint density at radius 3 is 2.73 bits per heavy atom. The van der Waals surface area contributed by atoms with Crippen molar-refractivity contribution in [2.45, 2.75) is 26.7 Å². The molecular weight excluding hydrogens is 184 g/mol. The average molecular weight is 202 g/mol. The standard InChI is InChI=1S/C13H18N2/c1-5-7-11(8-6-2)13-9-12(10(3)4)14-15-13/h5-10H,1H2,2-4H3,(H,14,15)/b8-6-,11-7+. The number of allylic oxidation sites excluding steroid dienone is 5. The normalized spacial score (nSPS) is 12.7. The molecule has 0 aliphatic heterocycles. The Morgan fingerprint density at radius 2 is 2.27 bits per heavy atom. The van der Waals surface area contributed by atoms with E-state index in [-0.39, 0.29) is 0 Å². The zero-order valence-corrected chi connectivity index (χ0v) is 9.62. The minimum Gasteiger partial charge on any atom is -0.282 e. The third-order valence-electron chi connectivity index (χ3n) is 2.16. The Hall–Kier alpha value is -1.57. The summed E-state index contributed by atoms with van der Waals surface area (Å²) >= 11 is 0. The van der Waals surface area contributed by atoms with E-state index in [9.17, 15) is 0 Å². The second kappa shape index (κ2) is 5.35. The van der Waals surface area contributed by atoms with Crippen molar-refractivity contribution in [3.05, 3.63) is 48.3 Å². The average Bonchev–Trinajstić information content (AvgIpc) is 2.66. The van der Waals surface area contributed by atoms with Crippen molar-refractivity contribution >= 4 is 5.57 Å². The van der Waals surface area contributed by atoms with Crippen LogP contribution in [0.3, 0.4) is 0 Å². The van der Waals surface area contributed by atoms with Gasteiger partial charge in [0, 0.05) is 11.3 Å². The van der Waals surface area contributed by atoms with Gasteiger partial charge in [-0.2, -0.15) is 5.10 Å². The van der Waals surface area contributed by atoms with Gasteiger partial charge in [0.1, 0.15) is 0 Å². The number of H-pyrrole nitrogens is 1. The van der Waals surface area contributed by atoms with E-state index < -0.39 is 0 Å². The Bertz CT molecular complexity index is 381. The van der Waals surface area contributed by atoms with Gasteiger partial charge in [-0.25, -0.2) is 0 Å². The third kappa shape index (κ3) is 2.94. The van der Waals surface area contributed by atoms with Crippen molar-refractivity contribution in [2.24, 2.45) is 0 Å². The molecule has 0 saturated carbocycles. The van der Waals surface area contributed by atoms with Crippen LogP contribution in [0.15, 0.2) is 36.9 Å². The zero-order valence-electron chi connectivity index (χ0n) is 9.62. The maximum atomic E-state index is 4.28. The smallest absolute Gasteiger partial charge is 0.0923 e. The second-order valence-corrected chi connectivity index (χ2v) is 3.72. The van der Waals surface area contributed by atoms with Crippen molar-refractivity contribution in [1.82, 2.24) is 10.2 Å². The molecule has 0 unspecified atom stereocenters. The molecule has 1 heterocycles. The van der Waals surface area contributed by atoms with E-state index in [0.717, 1.165) is 17.0 Å². The quantitative estimate of drug-likeness (QED) is 0.741. The number of rotatable bonds is 4. The molecule has 0 aromatic carbocycles. The molecule has 1 aromatic rings. The predicted octanol–water partition coefficient (Wildman–Crippen LogP) is 3.68. The summed E-state index contributed by atoms with van der Waals surface area (Å²) in [4.78, 5) is 0. The van der Waals surface area contributed by atoms with E-state index in [0.29, 0.717) is 5.92 Å². The highest BCUT2D eigenvalue weighted by molar-refractivity contribution is 5.72. The summed E-state index contributed by atoms with van der Waals surface area (Å²) in [6, 6.07) is 2.08. The molecular formula is C13H18N2. The van der Waals surface area contributed by atoms with Crippen LogP contribution in [0.2, 0.25) is 0 Å². The van der Waals surface area contributed by atoms with Crippen LogP contribution >= 0.6 is 0 Å². The topological polar surface area (TPSA) is 28.7 Å². The molecule has 0 atom stereocenters. The summed E-state index contributed by atoms with van der Waals surface area (Å²) in [5, 5.41) is 7.33. The summed E-state index contributed by atoms with van der Waals surface area (Å²) in [5.41, 5.74) is 3.21. The van der Waals surface area contributed by atoms with Crippen molar-refractivity contribution in [2.75, 3.05) is 0 Å². The molecule has 1 N–H and O–H groups in total. The second-order valence-electron chi connectivity index (χ2n) is 3.72. The lowest BCUT2D eigenvalue weighted by Crippen LogP contribution is -1.85. The molecule has 0 aliphatic rings. The molecule has 2 heteroatoms. The number of aromatic amines is 1. The molecule has 0 saturated heterocycles. The molecule has 0 amide bonds. The van der Waals surface area contributed by atoms with Gasteiger partial charge in [-0.1, -0.05) is 44.7 Å². The first-order valence-electron chi connectivity index (χ1n) is 5.20. The van der Waals surface area contributed by atoms with Gasteiger partial charge in [-0.15, -0.1) is 0 Å². The third-order valence-corrected chi connectivity index (χ3v) is 2.16. The van der Waals surface area contributed by atoms with Crippen molar-refractivity contribution < 1.29 is 0 Å². The fourth-order valence-corrected chi connectivity index (χ4v) is 1.31. The minimum atomic E-state index is 0.474. The van der Waals surface area contributed by atoms with E-state index in [1.807, 2.05) is 25.2 Å². The maximum absolute atomic E-state index is 4.28. The van der Waals surface area contributed by atoms with Gasteiger partial charge in [-0.05, 0) is 18.9 Å². The summed E-state index contributed by atoms with van der Waals surface area (Å²) in [5.74, 6) is 0.474. The van der Waals surface area contributed by atoms with Gasteiger partial charge < -0.3 is 0 Å². The first kappa shape index (κ1) is 11.5. The van der Waals surface area contributed by atoms with Gasteiger partial charge in [0.25, 0.3) is 0 Å². The molecule has 1 rings (SSSR count). The lowest BCUT2D eigenvalue weighted by atomic mass is 10.1. The van der Waals surface area contributed by atoms with Crippen LogP contribution in [-0.2, 0) is 0 Å². The van der Waals surface area contributed by atoms with Crippen LogP contribution in [0.4, 0.5) is 0 Å². The molecule has 0 spiro atoms. The monoisotopic (exact) mass is 202 g/mol. The lowest BCUT2D eigenvalue weighted by Gasteiger charge is -1.97. The Kier molecular flexibility index (Phi) is 4.10. The van der Waals surface area contributed by atoms with E-state index in [2.05, 4.69) is 36.7 Å². The van der Waals surface area contributed by atoms with Gasteiger partial charge in [0.05, 0.1) is 5.69 Å². The number of hydrogen-bond donors (Lipinski definition) is 1. The van der Waals surface area contributed by atoms with Gasteiger partial charge in [0.2, 0.25) is 0 Å². The van der Waals surface area contributed by atoms with E-state index in [1.165, 1.54) is 0 Å². The SMILES string of the molecule is C=C/C=C(\C=C/C)c1cc(C(C)C)[nH]n1. The largest absolute Gasteiger partial charge is 0.282 e. The van der Waals surface area contributed by atoms with Crippen LogP contribution in [-0.4, -0.2) is 10.2 Å². The fraction of sp³-hybridized carbons (Fsp3) is 0.308. The van der Waals surface area contributed by atoms with Crippen LogP contribution in [0.5, 0.6) is 0 Å². The van der Waals surface area contributed by atoms with Gasteiger partial charge >= 0.3 is 0 Å². The fourth-order valence-electron chi connectivity index (χ4n) is 1.31. The van der Waals surface area contributed by atoms with Crippen molar-refractivity contribution in [1.29, 1.82) is 0 Å². The summed E-state index contributed by atoms with van der Waals surface area (Å²) in [6.45, 7) is 9.98. The highest BCUT2D eigenvalue weighted by Crippen LogP contribution is 2.18. The van der Waals surface area contributed by atoms with E-state index in [4.69, 9.17) is 0 Å². The summed E-state index contributed by atoms with van der Waals surface area (Å²) < 4.78 is 0. The molecule has 15 heavy (non-hydrogen) atoms. The highest BCUT2D eigenvalue weighted by atomic mass is 15.1. The van der Waals surface area contributed by atoms with Crippen molar-refractivity contribution in [3.8, 4) is 0 Å². The summed E-state index contributed by atoms with van der Waals surface area (Å²) in [7, 11) is 0. The molecule has 0 aliphatic carbocycles. The minimum absolute atomic E-state index is 0.474. The van der Waals surface area contributed by atoms with Crippen molar-refractivity contribution in [3.63, 3.8) is 0 Å². The zero-order chi connectivity index (χ0) is 11.3. The first-order chi connectivity index (χ1) is 7.19. The Morgan fingerprint density at radius 1 is 1.53 bits per heavy atom. The molecule has 2 nitrogen and oxygen atoms in total. The Labute approximate surface area is 91.4 Å². The predicted molar refractivity (Wildman–Crippen MR) is 65.7 cm³/mol. The van der Waals surface area contributed by atoms with Gasteiger partial charge in [0.15, 0.2) is 0 Å². The van der Waals surface area contributed by atoms with Crippen LogP contribution in [0.1, 0.15) is 38.1 Å². The first-order valence-corrected chi connectivity index (χ1v) is 5.20. The molecule has 0 fully saturated rings. The van der Waals surface area contributed by atoms with Crippen LogP contribution in [0, 0.1) is 0 Å². The molecule has 80 valence electrons. The highest BCUT2D eigenvalue weighted by Gasteiger charge is 2.06. The van der Waals surface area contributed by atoms with E-state index >= 15 is 0 Å². The number of nitrogens with one attached hydrogen (secondary N) is 1. The molecule has 0 bridgehead atoms. The number of hydrogen-bond acceptors (Lipinski definition) is 1. The molecule has 1 aromatic heterocycles.